The second-order valence-corrected chi connectivity index (χ2v) is 6.48. The van der Waals surface area contributed by atoms with E-state index in [1.165, 1.54) is 18.4 Å². The van der Waals surface area contributed by atoms with Crippen LogP contribution in [-0.4, -0.2) is 47.9 Å². The molecule has 0 radical (unpaired) electrons. The zero-order valence-corrected chi connectivity index (χ0v) is 14.7. The molecule has 1 aromatic heterocycles. The molecule has 1 aromatic carbocycles. The van der Waals surface area contributed by atoms with Crippen molar-refractivity contribution in [3.05, 3.63) is 59.8 Å². The summed E-state index contributed by atoms with van der Waals surface area (Å²) in [5.74, 6) is -0.0727. The van der Waals surface area contributed by atoms with Crippen LogP contribution in [0.4, 0.5) is 9.18 Å². The molecule has 0 spiro atoms. The minimum atomic E-state index is -0.295. The van der Waals surface area contributed by atoms with Crippen LogP contribution >= 0.6 is 0 Å². The third kappa shape index (κ3) is 4.41. The van der Waals surface area contributed by atoms with Gasteiger partial charge in [-0.3, -0.25) is 4.79 Å². The molecule has 6 nitrogen and oxygen atoms in total. The zero-order chi connectivity index (χ0) is 18.5. The van der Waals surface area contributed by atoms with Crippen LogP contribution in [0.15, 0.2) is 47.1 Å². The Hall–Kier alpha value is -2.83. The lowest BCUT2D eigenvalue weighted by molar-refractivity contribution is 0.0674. The standard InChI is InChI=1S/C19H22FN3O3/c1-22(13-14-4-6-15(20)7-5-14)19(25)21-16-8-10-23(11-9-16)18(24)17-3-2-12-26-17/h2-7,12,16H,8-11,13H2,1H3,(H,21,25). The number of urea groups is 1. The first kappa shape index (κ1) is 18.0. The quantitative estimate of drug-likeness (QED) is 0.913. The second-order valence-electron chi connectivity index (χ2n) is 6.48. The number of nitrogens with one attached hydrogen (secondary N) is 1. The Morgan fingerprint density at radius 3 is 2.54 bits per heavy atom. The number of likely N-dealkylation sites (tertiary alicyclic amines) is 1. The molecule has 0 atom stereocenters. The number of carbonyl (C=O) groups is 2. The lowest BCUT2D eigenvalue weighted by Crippen LogP contribution is -2.49. The van der Waals surface area contributed by atoms with Crippen LogP contribution in [0.2, 0.25) is 0 Å². The first-order chi connectivity index (χ1) is 12.5. The van der Waals surface area contributed by atoms with Crippen LogP contribution in [0.25, 0.3) is 0 Å². The van der Waals surface area contributed by atoms with Gasteiger partial charge in [0, 0.05) is 32.7 Å². The Morgan fingerprint density at radius 1 is 1.23 bits per heavy atom. The van der Waals surface area contributed by atoms with E-state index in [1.807, 2.05) is 0 Å². The maximum absolute atomic E-state index is 12.9. The highest BCUT2D eigenvalue weighted by Gasteiger charge is 2.26. The molecule has 1 saturated heterocycles. The van der Waals surface area contributed by atoms with E-state index >= 15 is 0 Å². The zero-order valence-electron chi connectivity index (χ0n) is 14.7. The molecule has 2 heterocycles. The maximum atomic E-state index is 12.9. The molecule has 0 aliphatic carbocycles. The summed E-state index contributed by atoms with van der Waals surface area (Å²) in [4.78, 5) is 27.9. The summed E-state index contributed by atoms with van der Waals surface area (Å²) in [5.41, 5.74) is 0.864. The number of halogens is 1. The molecule has 0 unspecified atom stereocenters. The molecule has 7 heteroatoms. The lowest BCUT2D eigenvalue weighted by atomic mass is 10.0. The van der Waals surface area contributed by atoms with E-state index in [9.17, 15) is 14.0 Å². The van der Waals surface area contributed by atoms with Crippen molar-refractivity contribution in [1.82, 2.24) is 15.1 Å². The van der Waals surface area contributed by atoms with Crippen molar-refractivity contribution in [1.29, 1.82) is 0 Å². The van der Waals surface area contributed by atoms with E-state index in [1.54, 1.807) is 41.1 Å². The first-order valence-electron chi connectivity index (χ1n) is 8.62. The minimum absolute atomic E-state index is 0.0267. The van der Waals surface area contributed by atoms with Crippen molar-refractivity contribution in [2.75, 3.05) is 20.1 Å². The fourth-order valence-electron chi connectivity index (χ4n) is 3.00. The number of benzene rings is 1. The Bertz CT molecular complexity index is 738. The molecule has 26 heavy (non-hydrogen) atoms. The van der Waals surface area contributed by atoms with Gasteiger partial charge in [-0.25, -0.2) is 9.18 Å². The van der Waals surface area contributed by atoms with Gasteiger partial charge in [-0.05, 0) is 42.7 Å². The van der Waals surface area contributed by atoms with Crippen molar-refractivity contribution in [2.24, 2.45) is 0 Å². The molecule has 1 N–H and O–H groups in total. The topological polar surface area (TPSA) is 65.8 Å². The van der Waals surface area contributed by atoms with Gasteiger partial charge in [-0.15, -0.1) is 0 Å². The molecule has 0 saturated carbocycles. The van der Waals surface area contributed by atoms with E-state index in [0.29, 0.717) is 38.2 Å². The van der Waals surface area contributed by atoms with Crippen LogP contribution in [-0.2, 0) is 6.54 Å². The van der Waals surface area contributed by atoms with Crippen LogP contribution in [0, 0.1) is 5.82 Å². The Labute approximate surface area is 151 Å². The van der Waals surface area contributed by atoms with Crippen molar-refractivity contribution < 1.29 is 18.4 Å². The van der Waals surface area contributed by atoms with Crippen molar-refractivity contribution >= 4 is 11.9 Å². The van der Waals surface area contributed by atoms with Gasteiger partial charge in [0.05, 0.1) is 6.26 Å². The predicted molar refractivity (Wildman–Crippen MR) is 94.0 cm³/mol. The van der Waals surface area contributed by atoms with Crippen LogP contribution in [0.1, 0.15) is 29.0 Å². The fraction of sp³-hybridized carbons (Fsp3) is 0.368. The van der Waals surface area contributed by atoms with Crippen molar-refractivity contribution in [2.45, 2.75) is 25.4 Å². The largest absolute Gasteiger partial charge is 0.459 e. The third-order valence-electron chi connectivity index (χ3n) is 4.52. The molecule has 3 rings (SSSR count). The van der Waals surface area contributed by atoms with Gasteiger partial charge in [-0.1, -0.05) is 12.1 Å². The van der Waals surface area contributed by atoms with Crippen LogP contribution in [0.5, 0.6) is 0 Å². The number of carbonyl (C=O) groups excluding carboxylic acids is 2. The van der Waals surface area contributed by atoms with Crippen LogP contribution in [0.3, 0.4) is 0 Å². The monoisotopic (exact) mass is 359 g/mol. The fourth-order valence-corrected chi connectivity index (χ4v) is 3.00. The van der Waals surface area contributed by atoms with Crippen molar-refractivity contribution in [3.63, 3.8) is 0 Å². The summed E-state index contributed by atoms with van der Waals surface area (Å²) in [6.07, 6.45) is 2.88. The smallest absolute Gasteiger partial charge is 0.317 e. The van der Waals surface area contributed by atoms with E-state index in [-0.39, 0.29) is 23.8 Å². The lowest BCUT2D eigenvalue weighted by Gasteiger charge is -2.32. The molecule has 1 aliphatic rings. The molecule has 1 fully saturated rings. The van der Waals surface area contributed by atoms with Crippen molar-refractivity contribution in [3.8, 4) is 0 Å². The molecule has 1 aliphatic heterocycles. The highest BCUT2D eigenvalue weighted by atomic mass is 19.1. The number of piperidine rings is 1. The van der Waals surface area contributed by atoms with Gasteiger partial charge in [0.25, 0.3) is 5.91 Å². The van der Waals surface area contributed by atoms with Gasteiger partial charge < -0.3 is 19.5 Å². The van der Waals surface area contributed by atoms with E-state index in [2.05, 4.69) is 5.32 Å². The molecular weight excluding hydrogens is 337 g/mol. The van der Waals surface area contributed by atoms with E-state index < -0.39 is 0 Å². The second kappa shape index (κ2) is 8.03. The Balaban J connectivity index is 1.45. The average molecular weight is 359 g/mol. The van der Waals surface area contributed by atoms with Gasteiger partial charge in [0.1, 0.15) is 5.82 Å². The Kier molecular flexibility index (Phi) is 5.55. The normalized spacial score (nSPS) is 14.9. The minimum Gasteiger partial charge on any atom is -0.459 e. The Morgan fingerprint density at radius 2 is 1.92 bits per heavy atom. The van der Waals surface area contributed by atoms with E-state index in [4.69, 9.17) is 4.42 Å². The number of hydrogen-bond acceptors (Lipinski definition) is 3. The number of amides is 3. The summed E-state index contributed by atoms with van der Waals surface area (Å²) >= 11 is 0. The van der Waals surface area contributed by atoms with Gasteiger partial charge in [-0.2, -0.15) is 0 Å². The van der Waals surface area contributed by atoms with Gasteiger partial charge in [0.2, 0.25) is 0 Å². The van der Waals surface area contributed by atoms with Gasteiger partial charge >= 0.3 is 6.03 Å². The third-order valence-corrected chi connectivity index (χ3v) is 4.52. The molecule has 3 amide bonds. The number of nitrogens with zero attached hydrogens (tertiary/aromatic N) is 2. The highest BCUT2D eigenvalue weighted by Crippen LogP contribution is 2.15. The summed E-state index contributed by atoms with van der Waals surface area (Å²) in [6, 6.07) is 9.29. The number of rotatable bonds is 4. The van der Waals surface area contributed by atoms with Crippen LogP contribution < -0.4 is 5.32 Å². The summed E-state index contributed by atoms with van der Waals surface area (Å²) in [5, 5.41) is 3.00. The predicted octanol–water partition coefficient (Wildman–Crippen LogP) is 2.86. The summed E-state index contributed by atoms with van der Waals surface area (Å²) in [7, 11) is 1.70. The van der Waals surface area contributed by atoms with Gasteiger partial charge in [0.15, 0.2) is 5.76 Å². The highest BCUT2D eigenvalue weighted by molar-refractivity contribution is 5.91. The SMILES string of the molecule is CN(Cc1ccc(F)cc1)C(=O)NC1CCN(C(=O)c2ccco2)CC1. The molecule has 138 valence electrons. The summed E-state index contributed by atoms with van der Waals surface area (Å²) in [6.45, 7) is 1.56. The summed E-state index contributed by atoms with van der Waals surface area (Å²) < 4.78 is 18.1. The number of furan rings is 1. The molecule has 0 bridgehead atoms. The average Bonchev–Trinajstić information content (AvgIpc) is 3.18. The van der Waals surface area contributed by atoms with E-state index in [0.717, 1.165) is 5.56 Å². The molecular formula is C19H22FN3O3. The first-order valence-corrected chi connectivity index (χ1v) is 8.62. The number of hydrogen-bond donors (Lipinski definition) is 1. The maximum Gasteiger partial charge on any atom is 0.317 e. The molecule has 2 aromatic rings.